The maximum Gasteiger partial charge on any atom is 0.122 e. The third-order valence-electron chi connectivity index (χ3n) is 2.81. The molecule has 0 unspecified atom stereocenters. The van der Waals surface area contributed by atoms with E-state index in [1.807, 2.05) is 0 Å². The summed E-state index contributed by atoms with van der Waals surface area (Å²) in [6.45, 7) is 2.95. The fraction of sp³-hybridized carbons (Fsp3) is 0.500. The van der Waals surface area contributed by atoms with E-state index in [-0.39, 0.29) is 6.04 Å². The van der Waals surface area contributed by atoms with Crippen LogP contribution in [0.1, 0.15) is 36.9 Å². The van der Waals surface area contributed by atoms with Gasteiger partial charge in [0.05, 0.1) is 6.61 Å². The van der Waals surface area contributed by atoms with Crippen LogP contribution in [0, 0.1) is 0 Å². The first-order valence-electron chi connectivity index (χ1n) is 5.32. The van der Waals surface area contributed by atoms with Gasteiger partial charge in [0.2, 0.25) is 0 Å². The molecule has 1 aliphatic heterocycles. The monoisotopic (exact) mass is 191 g/mol. The maximum absolute atomic E-state index is 5.97. The minimum Gasteiger partial charge on any atom is -0.493 e. The van der Waals surface area contributed by atoms with Gasteiger partial charge in [-0.25, -0.2) is 0 Å². The Hall–Kier alpha value is -1.02. The Morgan fingerprint density at radius 1 is 1.50 bits per heavy atom. The van der Waals surface area contributed by atoms with Crippen LogP contribution < -0.4 is 10.5 Å². The van der Waals surface area contributed by atoms with E-state index in [4.69, 9.17) is 10.5 Å². The zero-order valence-corrected chi connectivity index (χ0v) is 8.62. The summed E-state index contributed by atoms with van der Waals surface area (Å²) in [6, 6.07) is 6.52. The molecule has 0 aromatic heterocycles. The van der Waals surface area contributed by atoms with E-state index in [2.05, 4.69) is 25.1 Å². The quantitative estimate of drug-likeness (QED) is 0.779. The molecule has 1 aromatic carbocycles. The highest BCUT2D eigenvalue weighted by molar-refractivity contribution is 5.39. The Morgan fingerprint density at radius 2 is 2.36 bits per heavy atom. The highest BCUT2D eigenvalue weighted by Crippen LogP contribution is 2.28. The summed E-state index contributed by atoms with van der Waals surface area (Å²) in [6.07, 6.45) is 3.24. The van der Waals surface area contributed by atoms with Gasteiger partial charge < -0.3 is 10.5 Å². The highest BCUT2D eigenvalue weighted by Gasteiger charge is 2.12. The molecule has 0 fully saturated rings. The van der Waals surface area contributed by atoms with E-state index >= 15 is 0 Å². The van der Waals surface area contributed by atoms with E-state index in [9.17, 15) is 0 Å². The second kappa shape index (κ2) is 4.01. The molecule has 2 nitrogen and oxygen atoms in total. The van der Waals surface area contributed by atoms with Gasteiger partial charge in [0, 0.05) is 6.04 Å². The van der Waals surface area contributed by atoms with Gasteiger partial charge in [0.1, 0.15) is 5.75 Å². The molecule has 0 bridgehead atoms. The molecule has 2 N–H and O–H groups in total. The van der Waals surface area contributed by atoms with Crippen molar-refractivity contribution in [3.8, 4) is 5.75 Å². The molecular formula is C12H17NO. The van der Waals surface area contributed by atoms with Crippen molar-refractivity contribution in [2.45, 2.75) is 32.2 Å². The van der Waals surface area contributed by atoms with Crippen LogP contribution in [-0.2, 0) is 6.42 Å². The molecule has 1 atom stereocenters. The second-order valence-electron chi connectivity index (χ2n) is 3.83. The van der Waals surface area contributed by atoms with Crippen molar-refractivity contribution in [2.24, 2.45) is 5.73 Å². The van der Waals surface area contributed by atoms with Crippen LogP contribution >= 0.6 is 0 Å². The number of nitrogens with two attached hydrogens (primary N) is 1. The number of hydrogen-bond acceptors (Lipinski definition) is 2. The Balaban J connectivity index is 2.29. The van der Waals surface area contributed by atoms with Crippen molar-refractivity contribution in [1.29, 1.82) is 0 Å². The molecule has 1 aliphatic rings. The van der Waals surface area contributed by atoms with Crippen LogP contribution in [0.4, 0.5) is 0 Å². The summed E-state index contributed by atoms with van der Waals surface area (Å²) in [5.74, 6) is 1.04. The van der Waals surface area contributed by atoms with Crippen molar-refractivity contribution in [3.05, 3.63) is 29.3 Å². The third kappa shape index (κ3) is 1.75. The molecule has 1 aromatic rings. The molecule has 0 radical (unpaired) electrons. The van der Waals surface area contributed by atoms with Crippen LogP contribution in [-0.4, -0.2) is 6.61 Å². The lowest BCUT2D eigenvalue weighted by molar-refractivity contribution is 0.288. The number of benzene rings is 1. The van der Waals surface area contributed by atoms with Gasteiger partial charge in [-0.3, -0.25) is 0 Å². The number of rotatable bonds is 2. The van der Waals surface area contributed by atoms with Crippen LogP contribution in [0.5, 0.6) is 5.75 Å². The zero-order valence-electron chi connectivity index (χ0n) is 8.62. The Kier molecular flexibility index (Phi) is 2.73. The van der Waals surface area contributed by atoms with Gasteiger partial charge >= 0.3 is 0 Å². The average molecular weight is 191 g/mol. The molecule has 0 saturated heterocycles. The van der Waals surface area contributed by atoms with Gasteiger partial charge in [-0.05, 0) is 36.5 Å². The van der Waals surface area contributed by atoms with Crippen LogP contribution in [0.3, 0.4) is 0 Å². The molecular weight excluding hydrogens is 174 g/mol. The zero-order chi connectivity index (χ0) is 9.97. The molecule has 0 amide bonds. The van der Waals surface area contributed by atoms with Crippen molar-refractivity contribution >= 4 is 0 Å². The van der Waals surface area contributed by atoms with Crippen molar-refractivity contribution in [1.82, 2.24) is 0 Å². The van der Waals surface area contributed by atoms with Gasteiger partial charge in [-0.2, -0.15) is 0 Å². The fourth-order valence-electron chi connectivity index (χ4n) is 1.82. The van der Waals surface area contributed by atoms with Gasteiger partial charge in [0.25, 0.3) is 0 Å². The maximum atomic E-state index is 5.97. The first-order valence-corrected chi connectivity index (χ1v) is 5.32. The summed E-state index contributed by atoms with van der Waals surface area (Å²) < 4.78 is 5.60. The van der Waals surface area contributed by atoms with Gasteiger partial charge in [-0.15, -0.1) is 0 Å². The van der Waals surface area contributed by atoms with Gasteiger partial charge in [0.15, 0.2) is 0 Å². The normalized spacial score (nSPS) is 17.0. The lowest BCUT2D eigenvalue weighted by atomic mass is 9.99. The van der Waals surface area contributed by atoms with Crippen LogP contribution in [0.25, 0.3) is 0 Å². The second-order valence-corrected chi connectivity index (χ2v) is 3.83. The molecule has 0 saturated carbocycles. The highest BCUT2D eigenvalue weighted by atomic mass is 16.5. The van der Waals surface area contributed by atoms with Crippen molar-refractivity contribution < 1.29 is 4.74 Å². The summed E-state index contributed by atoms with van der Waals surface area (Å²) in [7, 11) is 0. The molecule has 2 rings (SSSR count). The van der Waals surface area contributed by atoms with Crippen molar-refractivity contribution in [3.63, 3.8) is 0 Å². The van der Waals surface area contributed by atoms with Gasteiger partial charge in [-0.1, -0.05) is 19.1 Å². The van der Waals surface area contributed by atoms with Crippen molar-refractivity contribution in [2.75, 3.05) is 6.61 Å². The molecule has 14 heavy (non-hydrogen) atoms. The van der Waals surface area contributed by atoms with E-state index in [1.165, 1.54) is 11.1 Å². The number of ether oxygens (including phenoxy) is 1. The predicted molar refractivity (Wildman–Crippen MR) is 57.5 cm³/mol. The SMILES string of the molecule is CC[C@H](N)c1ccc2c(c1)OCCC2. The first kappa shape index (κ1) is 9.53. The number of fused-ring (bicyclic) bond motifs is 1. The average Bonchev–Trinajstić information content (AvgIpc) is 2.27. The summed E-state index contributed by atoms with van der Waals surface area (Å²) in [5, 5.41) is 0. The fourth-order valence-corrected chi connectivity index (χ4v) is 1.82. The van der Waals surface area contributed by atoms with Crippen LogP contribution in [0.2, 0.25) is 0 Å². The molecule has 0 spiro atoms. The van der Waals surface area contributed by atoms with Crippen LogP contribution in [0.15, 0.2) is 18.2 Å². The topological polar surface area (TPSA) is 35.2 Å². The number of aryl methyl sites for hydroxylation is 1. The van der Waals surface area contributed by atoms with E-state index in [1.54, 1.807) is 0 Å². The van der Waals surface area contributed by atoms with E-state index in [0.29, 0.717) is 0 Å². The Morgan fingerprint density at radius 3 is 3.14 bits per heavy atom. The predicted octanol–water partition coefficient (Wildman–Crippen LogP) is 2.42. The molecule has 0 aliphatic carbocycles. The number of hydrogen-bond donors (Lipinski definition) is 1. The molecule has 76 valence electrons. The standard InChI is InChI=1S/C12H17NO/c1-2-11(13)10-6-5-9-4-3-7-14-12(9)8-10/h5-6,8,11H,2-4,7,13H2,1H3/t11-/m0/s1. The smallest absolute Gasteiger partial charge is 0.122 e. The lowest BCUT2D eigenvalue weighted by Crippen LogP contribution is -2.12. The largest absolute Gasteiger partial charge is 0.493 e. The lowest BCUT2D eigenvalue weighted by Gasteiger charge is -2.19. The Labute approximate surface area is 85.1 Å². The minimum absolute atomic E-state index is 0.144. The Bertz CT molecular complexity index is 322. The van der Waals surface area contributed by atoms with E-state index < -0.39 is 0 Å². The first-order chi connectivity index (χ1) is 6.81. The summed E-state index contributed by atoms with van der Waals surface area (Å²) in [5.41, 5.74) is 8.48. The minimum atomic E-state index is 0.144. The summed E-state index contributed by atoms with van der Waals surface area (Å²) >= 11 is 0. The summed E-state index contributed by atoms with van der Waals surface area (Å²) in [4.78, 5) is 0. The molecule has 1 heterocycles. The van der Waals surface area contributed by atoms with E-state index in [0.717, 1.165) is 31.6 Å². The third-order valence-corrected chi connectivity index (χ3v) is 2.81. The molecule has 2 heteroatoms.